The van der Waals surface area contributed by atoms with Crippen LogP contribution in [0, 0.1) is 5.82 Å². The van der Waals surface area contributed by atoms with Crippen LogP contribution in [0.3, 0.4) is 0 Å². The molecule has 4 aromatic rings. The van der Waals surface area contributed by atoms with Crippen molar-refractivity contribution < 1.29 is 23.4 Å². The first-order valence-electron chi connectivity index (χ1n) is 10.2. The zero-order valence-corrected chi connectivity index (χ0v) is 18.3. The van der Waals surface area contributed by atoms with Crippen LogP contribution in [0.1, 0.15) is 12.5 Å². The Morgan fingerprint density at radius 2 is 1.88 bits per heavy atom. The van der Waals surface area contributed by atoms with Gasteiger partial charge in [-0.1, -0.05) is 6.07 Å². The number of hydrogen-bond donors (Lipinski definition) is 1. The molecule has 0 spiro atoms. The number of methoxy groups -OCH3 is 2. The molecule has 2 aromatic heterocycles. The van der Waals surface area contributed by atoms with Gasteiger partial charge in [0.15, 0.2) is 23.1 Å². The molecule has 0 bridgehead atoms. The summed E-state index contributed by atoms with van der Waals surface area (Å²) >= 11 is 0. The highest BCUT2D eigenvalue weighted by Gasteiger charge is 2.15. The van der Waals surface area contributed by atoms with Gasteiger partial charge in [0.05, 0.1) is 43.4 Å². The van der Waals surface area contributed by atoms with E-state index in [0.29, 0.717) is 40.2 Å². The first-order valence-corrected chi connectivity index (χ1v) is 10.2. The molecule has 0 unspecified atom stereocenters. The van der Waals surface area contributed by atoms with Crippen LogP contribution in [0.2, 0.25) is 0 Å². The van der Waals surface area contributed by atoms with Crippen LogP contribution in [0.25, 0.3) is 10.9 Å². The summed E-state index contributed by atoms with van der Waals surface area (Å²) in [6.45, 7) is 2.65. The Balaban J connectivity index is 1.51. The SMILES string of the molecule is CCn1cc(NC(=O)Cc2ccc(Oc3ncnc4cc(OC)c(OC)cc34)c(F)c2)cn1. The van der Waals surface area contributed by atoms with Crippen LogP contribution in [0.15, 0.2) is 49.1 Å². The van der Waals surface area contributed by atoms with Crippen molar-refractivity contribution in [1.29, 1.82) is 0 Å². The maximum atomic E-state index is 14.8. The van der Waals surface area contributed by atoms with Crippen molar-refractivity contribution in [3.8, 4) is 23.1 Å². The number of amides is 1. The number of nitrogens with zero attached hydrogens (tertiary/aromatic N) is 4. The maximum absolute atomic E-state index is 14.8. The standard InChI is InChI=1S/C23H22FN5O4/c1-4-29-12-15(11-27-29)28-22(30)8-14-5-6-19(17(24)7-14)33-23-16-9-20(31-2)21(32-3)10-18(16)25-13-26-23/h5-7,9-13H,4,8H2,1-3H3,(H,28,30). The molecule has 9 nitrogen and oxygen atoms in total. The van der Waals surface area contributed by atoms with Crippen LogP contribution in [-0.2, 0) is 17.8 Å². The molecule has 2 heterocycles. The van der Waals surface area contributed by atoms with Gasteiger partial charge in [0.25, 0.3) is 0 Å². The van der Waals surface area contributed by atoms with E-state index in [0.717, 1.165) is 0 Å². The van der Waals surface area contributed by atoms with Crippen molar-refractivity contribution in [1.82, 2.24) is 19.7 Å². The summed E-state index contributed by atoms with van der Waals surface area (Å²) in [5, 5.41) is 7.38. The summed E-state index contributed by atoms with van der Waals surface area (Å²) in [6.07, 6.45) is 4.62. The van der Waals surface area contributed by atoms with E-state index < -0.39 is 5.82 Å². The van der Waals surface area contributed by atoms with E-state index in [4.69, 9.17) is 14.2 Å². The second kappa shape index (κ2) is 9.51. The van der Waals surface area contributed by atoms with Gasteiger partial charge in [-0.25, -0.2) is 14.4 Å². The van der Waals surface area contributed by atoms with Crippen LogP contribution in [0.5, 0.6) is 23.1 Å². The lowest BCUT2D eigenvalue weighted by molar-refractivity contribution is -0.115. The summed E-state index contributed by atoms with van der Waals surface area (Å²) in [5.41, 5.74) is 1.64. The number of benzene rings is 2. The van der Waals surface area contributed by atoms with Crippen molar-refractivity contribution in [2.24, 2.45) is 0 Å². The van der Waals surface area contributed by atoms with E-state index in [1.807, 2.05) is 6.92 Å². The smallest absolute Gasteiger partial charge is 0.230 e. The average Bonchev–Trinajstić information content (AvgIpc) is 3.27. The van der Waals surface area contributed by atoms with E-state index in [1.165, 1.54) is 32.7 Å². The molecule has 0 aliphatic carbocycles. The number of carbonyl (C=O) groups excluding carboxylic acids is 1. The van der Waals surface area contributed by atoms with Gasteiger partial charge >= 0.3 is 0 Å². The Morgan fingerprint density at radius 1 is 1.09 bits per heavy atom. The molecule has 0 aliphatic rings. The third kappa shape index (κ3) is 4.84. The van der Waals surface area contributed by atoms with Gasteiger partial charge in [0, 0.05) is 18.8 Å². The number of halogens is 1. The summed E-state index contributed by atoms with van der Waals surface area (Å²) in [5.74, 6) is 0.214. The normalized spacial score (nSPS) is 10.8. The molecule has 4 rings (SSSR count). The van der Waals surface area contributed by atoms with E-state index in [2.05, 4.69) is 20.4 Å². The quantitative estimate of drug-likeness (QED) is 0.433. The highest BCUT2D eigenvalue weighted by molar-refractivity contribution is 5.92. The Morgan fingerprint density at radius 3 is 2.58 bits per heavy atom. The average molecular weight is 451 g/mol. The van der Waals surface area contributed by atoms with Crippen LogP contribution in [0.4, 0.5) is 10.1 Å². The van der Waals surface area contributed by atoms with Gasteiger partial charge in [-0.2, -0.15) is 5.10 Å². The first kappa shape index (κ1) is 22.0. The number of fused-ring (bicyclic) bond motifs is 1. The molecule has 0 aliphatic heterocycles. The largest absolute Gasteiger partial charge is 0.493 e. The molecule has 170 valence electrons. The lowest BCUT2D eigenvalue weighted by atomic mass is 10.1. The molecule has 1 amide bonds. The van der Waals surface area contributed by atoms with Gasteiger partial charge in [0.1, 0.15) is 6.33 Å². The number of aryl methyl sites for hydroxylation is 1. The molecule has 0 saturated carbocycles. The number of hydrogen-bond acceptors (Lipinski definition) is 7. The molecule has 0 atom stereocenters. The van der Waals surface area contributed by atoms with Gasteiger partial charge in [0.2, 0.25) is 11.8 Å². The molecule has 10 heteroatoms. The van der Waals surface area contributed by atoms with Gasteiger partial charge < -0.3 is 19.5 Å². The molecule has 0 radical (unpaired) electrons. The lowest BCUT2D eigenvalue weighted by Crippen LogP contribution is -2.14. The summed E-state index contributed by atoms with van der Waals surface area (Å²) in [4.78, 5) is 20.6. The predicted molar refractivity (Wildman–Crippen MR) is 119 cm³/mol. The van der Waals surface area contributed by atoms with E-state index >= 15 is 0 Å². The minimum absolute atomic E-state index is 0.00192. The molecular formula is C23H22FN5O4. The maximum Gasteiger partial charge on any atom is 0.230 e. The van der Waals surface area contributed by atoms with Crippen LogP contribution >= 0.6 is 0 Å². The van der Waals surface area contributed by atoms with E-state index in [9.17, 15) is 9.18 Å². The fourth-order valence-electron chi connectivity index (χ4n) is 3.27. The van der Waals surface area contributed by atoms with Crippen molar-refractivity contribution in [2.75, 3.05) is 19.5 Å². The summed E-state index contributed by atoms with van der Waals surface area (Å²) in [6, 6.07) is 7.70. The number of carbonyl (C=O) groups is 1. The van der Waals surface area contributed by atoms with Gasteiger partial charge in [-0.3, -0.25) is 9.48 Å². The number of ether oxygens (including phenoxy) is 3. The molecular weight excluding hydrogens is 429 g/mol. The predicted octanol–water partition coefficient (Wildman–Crippen LogP) is 3.98. The lowest BCUT2D eigenvalue weighted by Gasteiger charge is -2.12. The fraction of sp³-hybridized carbons (Fsp3) is 0.217. The Bertz CT molecular complexity index is 1310. The second-order valence-corrected chi connectivity index (χ2v) is 7.08. The first-order chi connectivity index (χ1) is 16.0. The van der Waals surface area contributed by atoms with Crippen molar-refractivity contribution in [3.05, 3.63) is 60.4 Å². The van der Waals surface area contributed by atoms with E-state index in [-0.39, 0.29) is 24.0 Å². The highest BCUT2D eigenvalue weighted by atomic mass is 19.1. The number of anilines is 1. The monoisotopic (exact) mass is 451 g/mol. The van der Waals surface area contributed by atoms with Gasteiger partial charge in [-0.05, 0) is 30.7 Å². The molecule has 33 heavy (non-hydrogen) atoms. The van der Waals surface area contributed by atoms with Gasteiger partial charge in [-0.15, -0.1) is 0 Å². The van der Waals surface area contributed by atoms with Crippen LogP contribution < -0.4 is 19.5 Å². The summed E-state index contributed by atoms with van der Waals surface area (Å²) in [7, 11) is 3.04. The minimum Gasteiger partial charge on any atom is -0.493 e. The fourth-order valence-corrected chi connectivity index (χ4v) is 3.27. The molecule has 0 saturated heterocycles. The molecule has 0 fully saturated rings. The Hall–Kier alpha value is -4.21. The molecule has 2 aromatic carbocycles. The minimum atomic E-state index is -0.619. The number of aromatic nitrogens is 4. The molecule has 1 N–H and O–H groups in total. The highest BCUT2D eigenvalue weighted by Crippen LogP contribution is 2.36. The van der Waals surface area contributed by atoms with Crippen molar-refractivity contribution >= 4 is 22.5 Å². The Labute approximate surface area is 189 Å². The third-order valence-corrected chi connectivity index (χ3v) is 4.91. The topological polar surface area (TPSA) is 100 Å². The summed E-state index contributed by atoms with van der Waals surface area (Å²) < 4.78 is 32.8. The Kier molecular flexibility index (Phi) is 6.34. The number of rotatable bonds is 8. The number of nitrogens with one attached hydrogen (secondary N) is 1. The third-order valence-electron chi connectivity index (χ3n) is 4.91. The zero-order valence-electron chi connectivity index (χ0n) is 18.3. The zero-order chi connectivity index (χ0) is 23.4. The van der Waals surface area contributed by atoms with E-state index in [1.54, 1.807) is 35.3 Å². The van der Waals surface area contributed by atoms with Crippen LogP contribution in [-0.4, -0.2) is 39.9 Å². The van der Waals surface area contributed by atoms with Crippen molar-refractivity contribution in [2.45, 2.75) is 19.9 Å². The van der Waals surface area contributed by atoms with Crippen molar-refractivity contribution in [3.63, 3.8) is 0 Å². The second-order valence-electron chi connectivity index (χ2n) is 7.08.